The van der Waals surface area contributed by atoms with Gasteiger partial charge in [-0.2, -0.15) is 4.91 Å². The van der Waals surface area contributed by atoms with Gasteiger partial charge in [-0.25, -0.2) is 0 Å². The zero-order valence-corrected chi connectivity index (χ0v) is 16.6. The van der Waals surface area contributed by atoms with Gasteiger partial charge >= 0.3 is 6.36 Å². The third kappa shape index (κ3) is 4.11. The highest BCUT2D eigenvalue weighted by Gasteiger charge is 2.36. The maximum Gasteiger partial charge on any atom is 0.573 e. The molecule has 0 N–H and O–H groups in total. The first kappa shape index (κ1) is 20.8. The van der Waals surface area contributed by atoms with Crippen LogP contribution in [0.2, 0.25) is 0 Å². The van der Waals surface area contributed by atoms with Crippen molar-refractivity contribution in [1.82, 2.24) is 0 Å². The molecule has 3 rings (SSSR count). The summed E-state index contributed by atoms with van der Waals surface area (Å²) in [6.07, 6.45) is -4.52. The molecule has 1 aliphatic rings. The molecule has 29 heavy (non-hydrogen) atoms. The first-order valence-corrected chi connectivity index (χ1v) is 9.03. The van der Waals surface area contributed by atoms with Gasteiger partial charge in [0.15, 0.2) is 0 Å². The summed E-state index contributed by atoms with van der Waals surface area (Å²) in [5, 5.41) is 2.81. The van der Waals surface area contributed by atoms with Crippen LogP contribution in [0.15, 0.2) is 35.5 Å². The highest BCUT2D eigenvalue weighted by Crippen LogP contribution is 2.45. The number of carbonyl (C=O) groups is 1. The molecule has 5 nitrogen and oxygen atoms in total. The van der Waals surface area contributed by atoms with Gasteiger partial charge in [0.25, 0.3) is 0 Å². The van der Waals surface area contributed by atoms with Crippen LogP contribution in [0, 0.1) is 11.8 Å². The predicted molar refractivity (Wildman–Crippen MR) is 104 cm³/mol. The molecule has 0 radical (unpaired) electrons. The quantitative estimate of drug-likeness (QED) is 0.633. The summed E-state index contributed by atoms with van der Waals surface area (Å²) in [7, 11) is 1.65. The molecular weight excluding hydrogens is 385 g/mol. The Bertz CT molecular complexity index is 984. The van der Waals surface area contributed by atoms with Gasteiger partial charge in [0.1, 0.15) is 12.3 Å². The van der Waals surface area contributed by atoms with E-state index < -0.39 is 11.8 Å². The number of anilines is 1. The molecule has 0 saturated heterocycles. The van der Waals surface area contributed by atoms with Crippen molar-refractivity contribution in [1.29, 1.82) is 0 Å². The molecule has 2 aromatic carbocycles. The van der Waals surface area contributed by atoms with Crippen molar-refractivity contribution >= 4 is 11.6 Å². The minimum Gasteiger partial charge on any atom is -0.405 e. The van der Waals surface area contributed by atoms with Crippen LogP contribution in [-0.2, 0) is 16.8 Å². The second-order valence-corrected chi connectivity index (χ2v) is 7.86. The van der Waals surface area contributed by atoms with Crippen LogP contribution in [0.4, 0.5) is 18.9 Å². The van der Waals surface area contributed by atoms with Crippen molar-refractivity contribution in [3.8, 4) is 16.9 Å². The van der Waals surface area contributed by atoms with Crippen LogP contribution < -0.4 is 9.64 Å². The summed E-state index contributed by atoms with van der Waals surface area (Å²) in [6.45, 7) is 5.55. The first-order chi connectivity index (χ1) is 13.4. The maximum absolute atomic E-state index is 12.9. The average molecular weight is 406 g/mol. The fraction of sp³-hybridized carbons (Fsp3) is 0.381. The van der Waals surface area contributed by atoms with Gasteiger partial charge in [0, 0.05) is 30.1 Å². The summed E-state index contributed by atoms with van der Waals surface area (Å²) in [4.78, 5) is 24.6. The lowest BCUT2D eigenvalue weighted by Gasteiger charge is -2.37. The fourth-order valence-corrected chi connectivity index (χ4v) is 3.71. The molecule has 1 aliphatic heterocycles. The van der Waals surface area contributed by atoms with Gasteiger partial charge in [-0.3, -0.25) is 4.79 Å². The van der Waals surface area contributed by atoms with Crippen molar-refractivity contribution in [2.24, 2.45) is 5.18 Å². The molecule has 0 saturated carbocycles. The van der Waals surface area contributed by atoms with E-state index in [9.17, 15) is 22.9 Å². The number of fused-ring (bicyclic) bond motifs is 1. The van der Waals surface area contributed by atoms with Gasteiger partial charge in [-0.05, 0) is 47.4 Å². The van der Waals surface area contributed by atoms with Gasteiger partial charge < -0.3 is 9.64 Å². The van der Waals surface area contributed by atoms with Crippen molar-refractivity contribution in [3.63, 3.8) is 0 Å². The number of alkyl halides is 3. The van der Waals surface area contributed by atoms with E-state index in [-0.39, 0.29) is 23.8 Å². The van der Waals surface area contributed by atoms with Crippen LogP contribution in [0.5, 0.6) is 5.75 Å². The Labute approximate surface area is 166 Å². The van der Waals surface area contributed by atoms with Gasteiger partial charge in [-0.15, -0.1) is 13.2 Å². The Morgan fingerprint density at radius 1 is 1.17 bits per heavy atom. The molecule has 0 unspecified atom stereocenters. The minimum absolute atomic E-state index is 0.0667. The number of nitroso groups, excluding NO2 is 1. The number of nitrogens with zero attached hydrogens (tertiary/aromatic N) is 2. The Morgan fingerprint density at radius 2 is 1.86 bits per heavy atom. The van der Waals surface area contributed by atoms with E-state index in [0.29, 0.717) is 23.2 Å². The third-order valence-electron chi connectivity index (χ3n) is 5.21. The lowest BCUT2D eigenvalue weighted by Crippen LogP contribution is -2.39. The first-order valence-electron chi connectivity index (χ1n) is 9.03. The Morgan fingerprint density at radius 3 is 2.48 bits per heavy atom. The smallest absolute Gasteiger partial charge is 0.405 e. The molecule has 154 valence electrons. The molecular formula is C21H21F3N2O3. The van der Waals surface area contributed by atoms with E-state index in [1.54, 1.807) is 20.0 Å². The minimum atomic E-state index is -4.87. The SMILES string of the molecule is Cc1cc2c(cc1-c1cc(CN=O)ccc1OC(F)(F)F)N(C)C(=O)CC2(C)C. The molecule has 1 amide bonds. The summed E-state index contributed by atoms with van der Waals surface area (Å²) >= 11 is 0. The van der Waals surface area contributed by atoms with E-state index in [0.717, 1.165) is 11.1 Å². The average Bonchev–Trinajstić information content (AvgIpc) is 2.60. The largest absolute Gasteiger partial charge is 0.573 e. The number of hydrogen-bond donors (Lipinski definition) is 0. The van der Waals surface area contributed by atoms with Crippen LogP contribution in [0.1, 0.15) is 37.0 Å². The van der Waals surface area contributed by atoms with E-state index in [1.165, 1.54) is 23.1 Å². The van der Waals surface area contributed by atoms with Crippen LogP contribution in [0.3, 0.4) is 0 Å². The highest BCUT2D eigenvalue weighted by atomic mass is 19.4. The van der Waals surface area contributed by atoms with Crippen LogP contribution in [0.25, 0.3) is 11.1 Å². The number of ether oxygens (including phenoxy) is 1. The highest BCUT2D eigenvalue weighted by molar-refractivity contribution is 5.98. The summed E-state index contributed by atoms with van der Waals surface area (Å²) in [5.41, 5.74) is 3.08. The second kappa shape index (κ2) is 7.17. The van der Waals surface area contributed by atoms with Crippen molar-refractivity contribution in [2.75, 3.05) is 11.9 Å². The van der Waals surface area contributed by atoms with E-state index in [4.69, 9.17) is 0 Å². The molecule has 0 fully saturated rings. The Hall–Kier alpha value is -2.90. The zero-order chi connectivity index (χ0) is 21.6. The van der Waals surface area contributed by atoms with Gasteiger partial charge in [0.05, 0.1) is 0 Å². The molecule has 0 bridgehead atoms. The van der Waals surface area contributed by atoms with E-state index in [2.05, 4.69) is 9.91 Å². The summed E-state index contributed by atoms with van der Waals surface area (Å²) in [6, 6.07) is 7.63. The monoisotopic (exact) mass is 406 g/mol. The number of carbonyl (C=O) groups excluding carboxylic acids is 1. The molecule has 2 aromatic rings. The topological polar surface area (TPSA) is 59.0 Å². The van der Waals surface area contributed by atoms with Crippen LogP contribution in [-0.4, -0.2) is 19.3 Å². The number of halogens is 3. The molecule has 0 spiro atoms. The summed E-state index contributed by atoms with van der Waals surface area (Å²) in [5.74, 6) is -0.442. The maximum atomic E-state index is 12.9. The summed E-state index contributed by atoms with van der Waals surface area (Å²) < 4.78 is 43.0. The number of benzene rings is 2. The third-order valence-corrected chi connectivity index (χ3v) is 5.21. The normalized spacial score (nSPS) is 15.8. The molecule has 0 aliphatic carbocycles. The Kier molecular flexibility index (Phi) is 5.15. The van der Waals surface area contributed by atoms with Gasteiger partial charge in [0.2, 0.25) is 5.91 Å². The van der Waals surface area contributed by atoms with Gasteiger partial charge in [-0.1, -0.05) is 31.2 Å². The van der Waals surface area contributed by atoms with E-state index >= 15 is 0 Å². The van der Waals surface area contributed by atoms with Crippen molar-refractivity contribution < 1.29 is 22.7 Å². The molecule has 0 atom stereocenters. The molecule has 1 heterocycles. The van der Waals surface area contributed by atoms with Crippen molar-refractivity contribution in [3.05, 3.63) is 51.9 Å². The number of hydrogen-bond acceptors (Lipinski definition) is 4. The lowest BCUT2D eigenvalue weighted by atomic mass is 9.76. The zero-order valence-electron chi connectivity index (χ0n) is 16.6. The van der Waals surface area contributed by atoms with E-state index in [1.807, 2.05) is 19.9 Å². The number of amides is 1. The standard InChI is InChI=1S/C21H21F3N2O3/c1-12-7-16-17(26(4)19(27)10-20(16,2)3)9-14(12)15-8-13(11-25-28)5-6-18(15)29-21(22,23)24/h5-9H,10-11H2,1-4H3. The molecule has 0 aromatic heterocycles. The number of rotatable bonds is 4. The predicted octanol–water partition coefficient (Wildman–Crippen LogP) is 5.47. The fourth-order valence-electron chi connectivity index (χ4n) is 3.71. The Balaban J connectivity index is 2.24. The van der Waals surface area contributed by atoms with Crippen molar-refractivity contribution in [2.45, 2.75) is 45.5 Å². The second-order valence-electron chi connectivity index (χ2n) is 7.86. The number of aryl methyl sites for hydroxylation is 1. The molecule has 8 heteroatoms. The lowest BCUT2D eigenvalue weighted by molar-refractivity contribution is -0.274. The van der Waals surface area contributed by atoms with Crippen LogP contribution >= 0.6 is 0 Å².